The highest BCUT2D eigenvalue weighted by molar-refractivity contribution is 6.03. The van der Waals surface area contributed by atoms with Crippen molar-refractivity contribution >= 4 is 17.3 Å². The summed E-state index contributed by atoms with van der Waals surface area (Å²) in [6, 6.07) is 13.4. The molecule has 1 N–H and O–H groups in total. The van der Waals surface area contributed by atoms with E-state index in [-0.39, 0.29) is 22.8 Å². The molecule has 0 saturated carbocycles. The number of ether oxygens (including phenoxy) is 1. The van der Waals surface area contributed by atoms with Crippen molar-refractivity contribution in [2.24, 2.45) is 0 Å². The number of amides is 1. The molecule has 0 saturated heterocycles. The lowest BCUT2D eigenvalue weighted by Gasteiger charge is -2.11. The number of nitro benzene ring substituents is 1. The molecule has 0 fully saturated rings. The Morgan fingerprint density at radius 1 is 1.06 bits per heavy atom. The molecule has 0 aliphatic carbocycles. The highest BCUT2D eigenvalue weighted by atomic mass is 16.6. The van der Waals surface area contributed by atoms with Crippen LogP contribution in [-0.4, -0.2) is 30.4 Å². The van der Waals surface area contributed by atoms with Gasteiger partial charge in [-0.25, -0.2) is 4.68 Å². The van der Waals surface area contributed by atoms with Crippen molar-refractivity contribution in [2.75, 3.05) is 5.32 Å². The van der Waals surface area contributed by atoms with Gasteiger partial charge in [0.05, 0.1) is 22.4 Å². The van der Waals surface area contributed by atoms with Gasteiger partial charge in [-0.3, -0.25) is 19.6 Å². The fourth-order valence-corrected chi connectivity index (χ4v) is 3.48. The van der Waals surface area contributed by atoms with E-state index in [2.05, 4.69) is 15.5 Å². The van der Waals surface area contributed by atoms with Crippen molar-refractivity contribution in [1.29, 1.82) is 0 Å². The first-order chi connectivity index (χ1) is 16.2. The van der Waals surface area contributed by atoms with Crippen LogP contribution in [0.25, 0.3) is 0 Å². The van der Waals surface area contributed by atoms with Gasteiger partial charge in [-0.05, 0) is 57.0 Å². The normalized spacial score (nSPS) is 10.8. The minimum Gasteiger partial charge on any atom is -0.457 e. The van der Waals surface area contributed by atoms with E-state index in [1.807, 2.05) is 52.0 Å². The van der Waals surface area contributed by atoms with E-state index in [0.717, 1.165) is 22.5 Å². The maximum atomic E-state index is 12.8. The third-order valence-corrected chi connectivity index (χ3v) is 5.19. The zero-order valence-corrected chi connectivity index (χ0v) is 19.3. The smallest absolute Gasteiger partial charge is 0.276 e. The van der Waals surface area contributed by atoms with Crippen LogP contribution >= 0.6 is 0 Å². The number of hydrogen-bond donors (Lipinski definition) is 1. The van der Waals surface area contributed by atoms with Gasteiger partial charge >= 0.3 is 0 Å². The Hall–Kier alpha value is -4.47. The zero-order valence-electron chi connectivity index (χ0n) is 19.3. The lowest BCUT2D eigenvalue weighted by Crippen LogP contribution is -2.15. The highest BCUT2D eigenvalue weighted by Gasteiger charge is 2.16. The summed E-state index contributed by atoms with van der Waals surface area (Å²) < 4.78 is 9.28. The summed E-state index contributed by atoms with van der Waals surface area (Å²) in [6.45, 7) is 8.02. The molecule has 4 rings (SSSR count). The third kappa shape index (κ3) is 5.12. The second kappa shape index (κ2) is 9.18. The fraction of sp³-hybridized carbons (Fsp3) is 0.208. The maximum Gasteiger partial charge on any atom is 0.276 e. The van der Waals surface area contributed by atoms with Crippen LogP contribution in [0.2, 0.25) is 0 Å². The Balaban J connectivity index is 1.54. The number of aryl methyl sites for hydroxylation is 4. The number of carbonyl (C=O) groups excluding carboxylic acids is 1. The topological polar surface area (TPSA) is 117 Å². The Morgan fingerprint density at radius 2 is 1.85 bits per heavy atom. The van der Waals surface area contributed by atoms with Crippen LogP contribution in [0.4, 0.5) is 11.4 Å². The van der Waals surface area contributed by atoms with Crippen molar-refractivity contribution in [3.05, 3.63) is 93.1 Å². The van der Waals surface area contributed by atoms with Crippen LogP contribution in [0.3, 0.4) is 0 Å². The van der Waals surface area contributed by atoms with Gasteiger partial charge in [0.2, 0.25) is 0 Å². The van der Waals surface area contributed by atoms with Gasteiger partial charge in [0.15, 0.2) is 5.69 Å². The number of nitrogens with one attached hydrogen (secondary N) is 1. The molecule has 0 spiro atoms. The Morgan fingerprint density at radius 3 is 2.56 bits per heavy atom. The molecule has 0 aliphatic heterocycles. The van der Waals surface area contributed by atoms with Gasteiger partial charge in [0.1, 0.15) is 18.2 Å². The van der Waals surface area contributed by atoms with Crippen molar-refractivity contribution in [2.45, 2.75) is 34.4 Å². The van der Waals surface area contributed by atoms with Gasteiger partial charge in [-0.2, -0.15) is 10.2 Å². The van der Waals surface area contributed by atoms with Crippen molar-refractivity contribution in [3.63, 3.8) is 0 Å². The molecule has 10 heteroatoms. The number of nitrogens with zero attached hydrogens (tertiary/aromatic N) is 5. The molecular formula is C24H24N6O4. The molecular weight excluding hydrogens is 436 g/mol. The molecule has 0 radical (unpaired) electrons. The first-order valence-corrected chi connectivity index (χ1v) is 10.6. The first kappa shape index (κ1) is 22.7. The van der Waals surface area contributed by atoms with E-state index < -0.39 is 10.8 Å². The Labute approximate surface area is 195 Å². The number of hydrogen-bond acceptors (Lipinski definition) is 6. The number of aromatic nitrogens is 4. The summed E-state index contributed by atoms with van der Waals surface area (Å²) in [5, 5.41) is 22.8. The van der Waals surface area contributed by atoms with E-state index in [4.69, 9.17) is 4.74 Å². The lowest BCUT2D eigenvalue weighted by molar-refractivity contribution is -0.384. The highest BCUT2D eigenvalue weighted by Crippen LogP contribution is 2.32. The van der Waals surface area contributed by atoms with Crippen molar-refractivity contribution in [3.8, 4) is 11.5 Å². The van der Waals surface area contributed by atoms with Gasteiger partial charge in [0.25, 0.3) is 11.6 Å². The van der Waals surface area contributed by atoms with E-state index >= 15 is 0 Å². The molecule has 0 aliphatic rings. The average molecular weight is 460 g/mol. The summed E-state index contributed by atoms with van der Waals surface area (Å²) in [6.07, 6.45) is 1.67. The summed E-state index contributed by atoms with van der Waals surface area (Å²) >= 11 is 0. The van der Waals surface area contributed by atoms with E-state index in [1.54, 1.807) is 27.7 Å². The van der Waals surface area contributed by atoms with Crippen LogP contribution < -0.4 is 10.1 Å². The number of rotatable bonds is 7. The number of nitro groups is 1. The molecule has 4 aromatic rings. The van der Waals surface area contributed by atoms with Gasteiger partial charge in [0, 0.05) is 24.0 Å². The van der Waals surface area contributed by atoms with Crippen molar-refractivity contribution in [1.82, 2.24) is 19.6 Å². The fourth-order valence-electron chi connectivity index (χ4n) is 3.48. The van der Waals surface area contributed by atoms with Gasteiger partial charge < -0.3 is 10.1 Å². The van der Waals surface area contributed by atoms with Crippen LogP contribution in [0.1, 0.15) is 33.0 Å². The first-order valence-electron chi connectivity index (χ1n) is 10.6. The molecule has 0 bridgehead atoms. The lowest BCUT2D eigenvalue weighted by atomic mass is 10.1. The summed E-state index contributed by atoms with van der Waals surface area (Å²) in [7, 11) is 0. The Kier molecular flexibility index (Phi) is 6.13. The molecule has 34 heavy (non-hydrogen) atoms. The standard InChI is InChI=1S/C24H24N6O4/c1-15-5-6-16(2)23(9-15)34-21-12-19(11-20(13-21)30(32)33)25-24(31)22-7-8-28(27-22)14-29-18(4)10-17(3)26-29/h5-13H,14H2,1-4H3,(H,25,31). The van der Waals surface area contributed by atoms with E-state index in [0.29, 0.717) is 12.4 Å². The molecule has 1 amide bonds. The molecule has 174 valence electrons. The number of anilines is 1. The van der Waals surface area contributed by atoms with E-state index in [9.17, 15) is 14.9 Å². The van der Waals surface area contributed by atoms with Crippen LogP contribution in [0.15, 0.2) is 54.7 Å². The number of benzene rings is 2. The number of non-ortho nitro benzene ring substituents is 1. The predicted octanol–water partition coefficient (Wildman–Crippen LogP) is 4.77. The van der Waals surface area contributed by atoms with Gasteiger partial charge in [-0.1, -0.05) is 12.1 Å². The van der Waals surface area contributed by atoms with E-state index in [1.165, 1.54) is 12.1 Å². The molecule has 2 heterocycles. The SMILES string of the molecule is Cc1ccc(C)c(Oc2cc(NC(=O)c3ccn(Cn4nc(C)cc4C)n3)cc([N+](=O)[O-])c2)c1. The molecule has 0 unspecified atom stereocenters. The second-order valence-electron chi connectivity index (χ2n) is 8.11. The largest absolute Gasteiger partial charge is 0.457 e. The zero-order chi connectivity index (χ0) is 24.4. The molecule has 2 aromatic heterocycles. The second-order valence-corrected chi connectivity index (χ2v) is 8.11. The van der Waals surface area contributed by atoms with Crippen LogP contribution in [-0.2, 0) is 6.67 Å². The molecule has 10 nitrogen and oxygen atoms in total. The summed E-state index contributed by atoms with van der Waals surface area (Å²) in [5.74, 6) is 0.333. The summed E-state index contributed by atoms with van der Waals surface area (Å²) in [5.41, 5.74) is 3.95. The molecule has 0 atom stereocenters. The number of carbonyl (C=O) groups is 1. The minimum absolute atomic E-state index is 0.171. The average Bonchev–Trinajstić information content (AvgIpc) is 3.36. The third-order valence-electron chi connectivity index (χ3n) is 5.19. The monoisotopic (exact) mass is 460 g/mol. The summed E-state index contributed by atoms with van der Waals surface area (Å²) in [4.78, 5) is 23.7. The quantitative estimate of drug-likeness (QED) is 0.314. The van der Waals surface area contributed by atoms with Crippen molar-refractivity contribution < 1.29 is 14.5 Å². The van der Waals surface area contributed by atoms with Crippen LogP contribution in [0.5, 0.6) is 11.5 Å². The maximum absolute atomic E-state index is 12.8. The predicted molar refractivity (Wildman–Crippen MR) is 126 cm³/mol. The van der Waals surface area contributed by atoms with Gasteiger partial charge in [-0.15, -0.1) is 0 Å². The molecule has 2 aromatic carbocycles. The van der Waals surface area contributed by atoms with Crippen LogP contribution in [0, 0.1) is 37.8 Å². The Bertz CT molecular complexity index is 1390. The minimum atomic E-state index is -0.533.